The SMILES string of the molecule is OC(Cc1ccco1)C1COc2ccccc21. The van der Waals surface area contributed by atoms with Crippen LogP contribution in [-0.4, -0.2) is 17.8 Å². The van der Waals surface area contributed by atoms with E-state index in [-0.39, 0.29) is 5.92 Å². The second kappa shape index (κ2) is 4.26. The molecule has 0 fully saturated rings. The predicted octanol–water partition coefficient (Wildman–Crippen LogP) is 2.36. The molecule has 2 atom stereocenters. The van der Waals surface area contributed by atoms with Crippen molar-refractivity contribution in [2.45, 2.75) is 18.4 Å². The number of rotatable bonds is 3. The van der Waals surface area contributed by atoms with E-state index in [1.807, 2.05) is 36.4 Å². The third-order valence-corrected chi connectivity index (χ3v) is 3.19. The van der Waals surface area contributed by atoms with Crippen molar-refractivity contribution in [1.82, 2.24) is 0 Å². The molecule has 1 aliphatic heterocycles. The van der Waals surface area contributed by atoms with Crippen molar-refractivity contribution < 1.29 is 14.3 Å². The van der Waals surface area contributed by atoms with Crippen LogP contribution in [0.25, 0.3) is 0 Å². The lowest BCUT2D eigenvalue weighted by molar-refractivity contribution is 0.123. The molecule has 88 valence electrons. The van der Waals surface area contributed by atoms with E-state index < -0.39 is 6.10 Å². The fourth-order valence-corrected chi connectivity index (χ4v) is 2.28. The van der Waals surface area contributed by atoms with Gasteiger partial charge in [-0.3, -0.25) is 0 Å². The number of ether oxygens (including phenoxy) is 1. The molecule has 3 nitrogen and oxygen atoms in total. The summed E-state index contributed by atoms with van der Waals surface area (Å²) >= 11 is 0. The monoisotopic (exact) mass is 230 g/mol. The Morgan fingerprint density at radius 2 is 2.12 bits per heavy atom. The molecule has 1 N–H and O–H groups in total. The van der Waals surface area contributed by atoms with E-state index in [0.717, 1.165) is 17.1 Å². The minimum Gasteiger partial charge on any atom is -0.493 e. The first-order chi connectivity index (χ1) is 8.34. The van der Waals surface area contributed by atoms with E-state index in [9.17, 15) is 5.11 Å². The summed E-state index contributed by atoms with van der Waals surface area (Å²) in [5, 5.41) is 10.2. The van der Waals surface area contributed by atoms with E-state index >= 15 is 0 Å². The van der Waals surface area contributed by atoms with Crippen LogP contribution in [0.2, 0.25) is 0 Å². The maximum Gasteiger partial charge on any atom is 0.123 e. The predicted molar refractivity (Wildman–Crippen MR) is 63.1 cm³/mol. The molecular formula is C14H14O3. The van der Waals surface area contributed by atoms with Crippen LogP contribution < -0.4 is 4.74 Å². The van der Waals surface area contributed by atoms with Gasteiger partial charge in [-0.15, -0.1) is 0 Å². The Kier molecular flexibility index (Phi) is 2.61. The van der Waals surface area contributed by atoms with E-state index in [0.29, 0.717) is 13.0 Å². The molecule has 0 bridgehead atoms. The molecule has 1 aliphatic rings. The molecule has 0 aliphatic carbocycles. The van der Waals surface area contributed by atoms with Crippen LogP contribution in [0.5, 0.6) is 5.75 Å². The average Bonchev–Trinajstić information content (AvgIpc) is 2.96. The van der Waals surface area contributed by atoms with Crippen LogP contribution in [0.15, 0.2) is 47.1 Å². The molecule has 1 aromatic heterocycles. The lowest BCUT2D eigenvalue weighted by Gasteiger charge is -2.15. The molecule has 2 unspecified atom stereocenters. The average molecular weight is 230 g/mol. The van der Waals surface area contributed by atoms with Crippen molar-refractivity contribution in [2.75, 3.05) is 6.61 Å². The summed E-state index contributed by atoms with van der Waals surface area (Å²) in [4.78, 5) is 0. The van der Waals surface area contributed by atoms with Crippen LogP contribution in [-0.2, 0) is 6.42 Å². The first-order valence-electron chi connectivity index (χ1n) is 5.77. The van der Waals surface area contributed by atoms with Crippen LogP contribution in [0, 0.1) is 0 Å². The van der Waals surface area contributed by atoms with Gasteiger partial charge < -0.3 is 14.3 Å². The third-order valence-electron chi connectivity index (χ3n) is 3.19. The molecule has 0 saturated heterocycles. The van der Waals surface area contributed by atoms with Gasteiger partial charge in [0.2, 0.25) is 0 Å². The number of hydrogen-bond donors (Lipinski definition) is 1. The van der Waals surface area contributed by atoms with E-state index in [2.05, 4.69) is 0 Å². The maximum atomic E-state index is 10.2. The Balaban J connectivity index is 1.78. The summed E-state index contributed by atoms with van der Waals surface area (Å²) in [6.45, 7) is 0.543. The number of aliphatic hydroxyl groups is 1. The molecule has 1 aromatic carbocycles. The minimum atomic E-state index is -0.468. The Morgan fingerprint density at radius 1 is 1.24 bits per heavy atom. The summed E-state index contributed by atoms with van der Waals surface area (Å²) in [5.41, 5.74) is 1.09. The van der Waals surface area contributed by atoms with Crippen LogP contribution in [0.4, 0.5) is 0 Å². The largest absolute Gasteiger partial charge is 0.493 e. The molecule has 0 saturated carbocycles. The summed E-state index contributed by atoms with van der Waals surface area (Å²) in [5.74, 6) is 1.73. The van der Waals surface area contributed by atoms with E-state index in [1.165, 1.54) is 0 Å². The Bertz CT molecular complexity index is 490. The molecule has 2 heterocycles. The number of fused-ring (bicyclic) bond motifs is 1. The first-order valence-corrected chi connectivity index (χ1v) is 5.77. The van der Waals surface area contributed by atoms with Crippen LogP contribution >= 0.6 is 0 Å². The second-order valence-corrected chi connectivity index (χ2v) is 4.31. The Labute approximate surface area is 99.6 Å². The van der Waals surface area contributed by atoms with Crippen molar-refractivity contribution >= 4 is 0 Å². The highest BCUT2D eigenvalue weighted by Crippen LogP contribution is 2.36. The van der Waals surface area contributed by atoms with Gasteiger partial charge in [-0.25, -0.2) is 0 Å². The number of furan rings is 1. The van der Waals surface area contributed by atoms with Crippen molar-refractivity contribution in [3.8, 4) is 5.75 Å². The number of aliphatic hydroxyl groups excluding tert-OH is 1. The zero-order valence-electron chi connectivity index (χ0n) is 9.37. The van der Waals surface area contributed by atoms with Gasteiger partial charge in [-0.1, -0.05) is 18.2 Å². The zero-order valence-corrected chi connectivity index (χ0v) is 9.37. The van der Waals surface area contributed by atoms with Gasteiger partial charge in [0.25, 0.3) is 0 Å². The topological polar surface area (TPSA) is 42.6 Å². The Hall–Kier alpha value is -1.74. The second-order valence-electron chi connectivity index (χ2n) is 4.31. The molecular weight excluding hydrogens is 216 g/mol. The fraction of sp³-hybridized carbons (Fsp3) is 0.286. The van der Waals surface area contributed by atoms with Gasteiger partial charge in [0.05, 0.1) is 19.0 Å². The lowest BCUT2D eigenvalue weighted by atomic mass is 9.93. The zero-order chi connectivity index (χ0) is 11.7. The molecule has 0 spiro atoms. The standard InChI is InChI=1S/C14H14O3/c15-13(8-10-4-3-7-16-10)12-9-17-14-6-2-1-5-11(12)14/h1-7,12-13,15H,8-9H2. The smallest absolute Gasteiger partial charge is 0.123 e. The number of benzene rings is 1. The van der Waals surface area contributed by atoms with E-state index in [4.69, 9.17) is 9.15 Å². The Morgan fingerprint density at radius 3 is 2.94 bits per heavy atom. The van der Waals surface area contributed by atoms with Gasteiger partial charge in [-0.2, -0.15) is 0 Å². The highest BCUT2D eigenvalue weighted by atomic mass is 16.5. The number of hydrogen-bond acceptors (Lipinski definition) is 3. The third kappa shape index (κ3) is 1.94. The van der Waals surface area contributed by atoms with Gasteiger partial charge >= 0.3 is 0 Å². The van der Waals surface area contributed by atoms with Gasteiger partial charge in [0.15, 0.2) is 0 Å². The molecule has 17 heavy (non-hydrogen) atoms. The van der Waals surface area contributed by atoms with Crippen LogP contribution in [0.3, 0.4) is 0 Å². The van der Waals surface area contributed by atoms with Crippen molar-refractivity contribution in [2.24, 2.45) is 0 Å². The van der Waals surface area contributed by atoms with Crippen LogP contribution in [0.1, 0.15) is 17.2 Å². The van der Waals surface area contributed by atoms with Gasteiger partial charge in [0, 0.05) is 17.9 Å². The molecule has 0 amide bonds. The minimum absolute atomic E-state index is 0.0382. The van der Waals surface area contributed by atoms with Gasteiger partial charge in [-0.05, 0) is 18.2 Å². The highest BCUT2D eigenvalue weighted by molar-refractivity contribution is 5.40. The van der Waals surface area contributed by atoms with E-state index in [1.54, 1.807) is 6.26 Å². The normalized spacial score (nSPS) is 19.7. The molecule has 2 aromatic rings. The molecule has 0 radical (unpaired) electrons. The highest BCUT2D eigenvalue weighted by Gasteiger charge is 2.30. The summed E-state index contributed by atoms with van der Waals surface area (Å²) in [6.07, 6.45) is 1.68. The summed E-state index contributed by atoms with van der Waals surface area (Å²) in [6, 6.07) is 11.6. The first kappa shape index (κ1) is 10.4. The summed E-state index contributed by atoms with van der Waals surface area (Å²) < 4.78 is 10.8. The van der Waals surface area contributed by atoms with Crippen molar-refractivity contribution in [3.05, 3.63) is 54.0 Å². The molecule has 3 heteroatoms. The quantitative estimate of drug-likeness (QED) is 0.880. The lowest BCUT2D eigenvalue weighted by Crippen LogP contribution is -2.22. The molecule has 3 rings (SSSR count). The van der Waals surface area contributed by atoms with Gasteiger partial charge in [0.1, 0.15) is 11.5 Å². The fourth-order valence-electron chi connectivity index (χ4n) is 2.28. The van der Waals surface area contributed by atoms with Crippen molar-refractivity contribution in [3.63, 3.8) is 0 Å². The van der Waals surface area contributed by atoms with Crippen molar-refractivity contribution in [1.29, 1.82) is 0 Å². The number of para-hydroxylation sites is 1. The summed E-state index contributed by atoms with van der Waals surface area (Å²) in [7, 11) is 0. The maximum absolute atomic E-state index is 10.2.